The highest BCUT2D eigenvalue weighted by Crippen LogP contribution is 2.14. The van der Waals surface area contributed by atoms with Gasteiger partial charge in [-0.3, -0.25) is 9.88 Å². The fourth-order valence-electron chi connectivity index (χ4n) is 2.16. The van der Waals surface area contributed by atoms with Gasteiger partial charge in [-0.05, 0) is 26.0 Å². The molecule has 0 bridgehead atoms. The minimum atomic E-state index is -0.354. The molecule has 2 heterocycles. The zero-order chi connectivity index (χ0) is 13.8. The number of aromatic nitrogens is 1. The number of carbonyl (C=O) groups excluding carboxylic acids is 1. The van der Waals surface area contributed by atoms with E-state index in [0.29, 0.717) is 11.6 Å². The minimum absolute atomic E-state index is 0.255. The zero-order valence-electron chi connectivity index (χ0n) is 11.6. The fraction of sp³-hybridized carbons (Fsp3) is 0.571. The molecular formula is C14H20N2O3. The quantitative estimate of drug-likeness (QED) is 0.774. The van der Waals surface area contributed by atoms with Gasteiger partial charge in [0.05, 0.1) is 31.1 Å². The smallest absolute Gasteiger partial charge is 0.339 e. The van der Waals surface area contributed by atoms with Crippen LogP contribution in [0.1, 0.15) is 29.9 Å². The number of hydrogen-bond donors (Lipinski definition) is 0. The van der Waals surface area contributed by atoms with Crippen molar-refractivity contribution in [3.8, 4) is 0 Å². The van der Waals surface area contributed by atoms with Gasteiger partial charge in [0.2, 0.25) is 0 Å². The molecule has 5 nitrogen and oxygen atoms in total. The van der Waals surface area contributed by atoms with Gasteiger partial charge < -0.3 is 9.47 Å². The molecule has 2 rings (SSSR count). The Balaban J connectivity index is 2.00. The van der Waals surface area contributed by atoms with Gasteiger partial charge in [0, 0.05) is 25.3 Å². The molecule has 104 valence electrons. The molecule has 5 heteroatoms. The highest BCUT2D eigenvalue weighted by molar-refractivity contribution is 5.88. The topological polar surface area (TPSA) is 51.7 Å². The summed E-state index contributed by atoms with van der Waals surface area (Å²) in [6.45, 7) is 6.65. The summed E-state index contributed by atoms with van der Waals surface area (Å²) in [5.74, 6) is -0.354. The third kappa shape index (κ3) is 3.52. The van der Waals surface area contributed by atoms with E-state index in [1.165, 1.54) is 7.11 Å². The van der Waals surface area contributed by atoms with E-state index in [-0.39, 0.29) is 12.1 Å². The van der Waals surface area contributed by atoms with Crippen LogP contribution in [0.4, 0.5) is 0 Å². The maximum absolute atomic E-state index is 11.3. The van der Waals surface area contributed by atoms with Crippen LogP contribution in [0.15, 0.2) is 18.3 Å². The van der Waals surface area contributed by atoms with Gasteiger partial charge in [-0.1, -0.05) is 0 Å². The van der Waals surface area contributed by atoms with E-state index in [0.717, 1.165) is 25.4 Å². The molecule has 1 aromatic rings. The first-order valence-corrected chi connectivity index (χ1v) is 6.49. The van der Waals surface area contributed by atoms with E-state index in [1.54, 1.807) is 12.3 Å². The van der Waals surface area contributed by atoms with Crippen molar-refractivity contribution in [3.63, 3.8) is 0 Å². The third-order valence-corrected chi connectivity index (χ3v) is 3.35. The van der Waals surface area contributed by atoms with Gasteiger partial charge in [0.1, 0.15) is 0 Å². The predicted octanol–water partition coefficient (Wildman–Crippen LogP) is 1.48. The molecule has 0 amide bonds. The Labute approximate surface area is 113 Å². The van der Waals surface area contributed by atoms with Gasteiger partial charge in [-0.2, -0.15) is 0 Å². The summed E-state index contributed by atoms with van der Waals surface area (Å²) < 4.78 is 10.3. The zero-order valence-corrected chi connectivity index (χ0v) is 11.6. The number of rotatable bonds is 3. The summed E-state index contributed by atoms with van der Waals surface area (Å²) in [7, 11) is 1.37. The maximum Gasteiger partial charge on any atom is 0.339 e. The highest BCUT2D eigenvalue weighted by atomic mass is 16.5. The van der Waals surface area contributed by atoms with Crippen molar-refractivity contribution in [2.24, 2.45) is 0 Å². The average Bonchev–Trinajstić information content (AvgIpc) is 2.43. The molecule has 1 aliphatic rings. The summed E-state index contributed by atoms with van der Waals surface area (Å²) in [5, 5.41) is 0. The monoisotopic (exact) mass is 264 g/mol. The van der Waals surface area contributed by atoms with E-state index in [9.17, 15) is 4.79 Å². The molecule has 2 atom stereocenters. The number of hydrogen-bond acceptors (Lipinski definition) is 5. The Hall–Kier alpha value is -1.46. The van der Waals surface area contributed by atoms with E-state index in [2.05, 4.69) is 28.5 Å². The number of pyridine rings is 1. The molecule has 0 saturated carbocycles. The minimum Gasteiger partial charge on any atom is -0.465 e. The number of carbonyl (C=O) groups is 1. The van der Waals surface area contributed by atoms with E-state index < -0.39 is 0 Å². The second-order valence-corrected chi connectivity index (χ2v) is 4.95. The molecular weight excluding hydrogens is 244 g/mol. The first kappa shape index (κ1) is 14.0. The third-order valence-electron chi connectivity index (χ3n) is 3.35. The van der Waals surface area contributed by atoms with Crippen molar-refractivity contribution in [3.05, 3.63) is 29.6 Å². The van der Waals surface area contributed by atoms with Gasteiger partial charge in [0.15, 0.2) is 0 Å². The number of nitrogens with zero attached hydrogens (tertiary/aromatic N) is 2. The Morgan fingerprint density at radius 1 is 1.53 bits per heavy atom. The largest absolute Gasteiger partial charge is 0.465 e. The molecule has 0 spiro atoms. The first-order valence-electron chi connectivity index (χ1n) is 6.49. The number of esters is 1. The van der Waals surface area contributed by atoms with Crippen LogP contribution in [0.2, 0.25) is 0 Å². The lowest BCUT2D eigenvalue weighted by atomic mass is 10.2. The van der Waals surface area contributed by atoms with Crippen molar-refractivity contribution in [2.45, 2.75) is 32.5 Å². The van der Waals surface area contributed by atoms with Crippen molar-refractivity contribution >= 4 is 5.97 Å². The molecule has 2 unspecified atom stereocenters. The first-order chi connectivity index (χ1) is 9.10. The summed E-state index contributed by atoms with van der Waals surface area (Å²) >= 11 is 0. The molecule has 1 aliphatic heterocycles. The molecule has 0 aromatic carbocycles. The second-order valence-electron chi connectivity index (χ2n) is 4.95. The van der Waals surface area contributed by atoms with Crippen molar-refractivity contribution in [1.82, 2.24) is 9.88 Å². The van der Waals surface area contributed by atoms with Crippen LogP contribution in [0.3, 0.4) is 0 Å². The molecule has 0 radical (unpaired) electrons. The second kappa shape index (κ2) is 6.12. The van der Waals surface area contributed by atoms with Crippen LogP contribution in [0.25, 0.3) is 0 Å². The van der Waals surface area contributed by atoms with Crippen molar-refractivity contribution < 1.29 is 14.3 Å². The molecule has 19 heavy (non-hydrogen) atoms. The normalized spacial score (nSPS) is 24.2. The van der Waals surface area contributed by atoms with Crippen LogP contribution in [-0.2, 0) is 16.0 Å². The van der Waals surface area contributed by atoms with E-state index in [4.69, 9.17) is 4.74 Å². The lowest BCUT2D eigenvalue weighted by Crippen LogP contribution is -2.46. The van der Waals surface area contributed by atoms with Gasteiger partial charge in [-0.15, -0.1) is 0 Å². The van der Waals surface area contributed by atoms with Crippen molar-refractivity contribution in [2.75, 3.05) is 20.3 Å². The van der Waals surface area contributed by atoms with E-state index >= 15 is 0 Å². The number of morpholine rings is 1. The molecule has 0 N–H and O–H groups in total. The van der Waals surface area contributed by atoms with Gasteiger partial charge >= 0.3 is 5.97 Å². The Bertz CT molecular complexity index is 433. The molecule has 1 aromatic heterocycles. The maximum atomic E-state index is 11.3. The number of ether oxygens (including phenoxy) is 2. The van der Waals surface area contributed by atoms with Crippen LogP contribution < -0.4 is 0 Å². The fourth-order valence-corrected chi connectivity index (χ4v) is 2.16. The van der Waals surface area contributed by atoms with Crippen LogP contribution in [-0.4, -0.2) is 48.3 Å². The Morgan fingerprint density at radius 3 is 2.95 bits per heavy atom. The standard InChI is InChI=1S/C14H20N2O3/c1-10-9-19-11(2)7-16(10)8-13-5-4-12(6-15-13)14(17)18-3/h4-6,10-11H,7-9H2,1-3H3. The molecule has 0 aliphatic carbocycles. The summed E-state index contributed by atoms with van der Waals surface area (Å²) in [6.07, 6.45) is 1.82. The van der Waals surface area contributed by atoms with Crippen LogP contribution in [0, 0.1) is 0 Å². The van der Waals surface area contributed by atoms with Crippen molar-refractivity contribution in [1.29, 1.82) is 0 Å². The lowest BCUT2D eigenvalue weighted by molar-refractivity contribution is -0.0530. The lowest BCUT2D eigenvalue weighted by Gasteiger charge is -2.36. The predicted molar refractivity (Wildman–Crippen MR) is 70.9 cm³/mol. The average molecular weight is 264 g/mol. The summed E-state index contributed by atoms with van der Waals surface area (Å²) in [4.78, 5) is 18.0. The van der Waals surface area contributed by atoms with Crippen LogP contribution >= 0.6 is 0 Å². The number of methoxy groups -OCH3 is 1. The summed E-state index contributed by atoms with van der Waals surface area (Å²) in [6, 6.07) is 4.01. The summed E-state index contributed by atoms with van der Waals surface area (Å²) in [5.41, 5.74) is 1.43. The van der Waals surface area contributed by atoms with Gasteiger partial charge in [-0.25, -0.2) is 4.79 Å². The highest BCUT2D eigenvalue weighted by Gasteiger charge is 2.23. The SMILES string of the molecule is COC(=O)c1ccc(CN2CC(C)OCC2C)nc1. The molecule has 1 saturated heterocycles. The van der Waals surface area contributed by atoms with Crippen LogP contribution in [0.5, 0.6) is 0 Å². The molecule has 1 fully saturated rings. The Morgan fingerprint density at radius 2 is 2.32 bits per heavy atom. The Kier molecular flexibility index (Phi) is 4.50. The van der Waals surface area contributed by atoms with E-state index in [1.807, 2.05) is 6.07 Å². The van der Waals surface area contributed by atoms with Gasteiger partial charge in [0.25, 0.3) is 0 Å².